The fourth-order valence-corrected chi connectivity index (χ4v) is 4.08. The van der Waals surface area contributed by atoms with Crippen LogP contribution < -0.4 is 0 Å². The van der Waals surface area contributed by atoms with Crippen molar-refractivity contribution >= 4 is 16.8 Å². The van der Waals surface area contributed by atoms with E-state index in [2.05, 4.69) is 4.98 Å². The summed E-state index contributed by atoms with van der Waals surface area (Å²) < 4.78 is 19.3. The number of benzene rings is 1. The molecule has 4 rings (SSSR count). The molecule has 3 heterocycles. The summed E-state index contributed by atoms with van der Waals surface area (Å²) in [5, 5.41) is 0.898. The van der Waals surface area contributed by atoms with E-state index in [9.17, 15) is 9.18 Å². The average Bonchev–Trinajstić information content (AvgIpc) is 2.90. The maximum Gasteiger partial charge on any atom is 0.226 e. The van der Waals surface area contributed by atoms with E-state index in [1.54, 1.807) is 12.1 Å². The van der Waals surface area contributed by atoms with Gasteiger partial charge in [0.25, 0.3) is 0 Å². The number of carbonyl (C=O) groups is 1. The number of nitrogens with zero attached hydrogens (tertiary/aromatic N) is 1. The third kappa shape index (κ3) is 2.71. The number of rotatable bonds is 1. The van der Waals surface area contributed by atoms with E-state index < -0.39 is 0 Å². The second-order valence-electron chi connectivity index (χ2n) is 7.58. The molecule has 1 amide bonds. The van der Waals surface area contributed by atoms with Crippen molar-refractivity contribution in [2.45, 2.75) is 45.3 Å². The number of hydrogen-bond acceptors (Lipinski definition) is 2. The number of amides is 1. The molecular weight excluding hydrogens is 307 g/mol. The Morgan fingerprint density at radius 3 is 3.04 bits per heavy atom. The highest BCUT2D eigenvalue weighted by Gasteiger charge is 2.36. The first-order valence-corrected chi connectivity index (χ1v) is 8.65. The number of nitrogens with one attached hydrogen (secondary N) is 1. The lowest BCUT2D eigenvalue weighted by molar-refractivity contribution is -0.146. The van der Waals surface area contributed by atoms with E-state index in [-0.39, 0.29) is 23.2 Å². The molecule has 1 N–H and O–H groups in total. The first kappa shape index (κ1) is 15.6. The first-order valence-electron chi connectivity index (χ1n) is 8.65. The van der Waals surface area contributed by atoms with Gasteiger partial charge in [-0.1, -0.05) is 0 Å². The van der Waals surface area contributed by atoms with Gasteiger partial charge >= 0.3 is 0 Å². The van der Waals surface area contributed by atoms with Crippen molar-refractivity contribution in [3.8, 4) is 0 Å². The molecule has 24 heavy (non-hydrogen) atoms. The molecule has 5 heteroatoms. The van der Waals surface area contributed by atoms with Gasteiger partial charge in [-0.3, -0.25) is 4.79 Å². The summed E-state index contributed by atoms with van der Waals surface area (Å²) in [4.78, 5) is 18.3. The van der Waals surface area contributed by atoms with Crippen LogP contribution in [0.3, 0.4) is 0 Å². The molecule has 0 saturated carbocycles. The van der Waals surface area contributed by atoms with E-state index in [1.807, 2.05) is 18.7 Å². The monoisotopic (exact) mass is 330 g/mol. The molecule has 2 aromatic rings. The second kappa shape index (κ2) is 5.59. The first-order chi connectivity index (χ1) is 11.4. The summed E-state index contributed by atoms with van der Waals surface area (Å²) >= 11 is 0. The van der Waals surface area contributed by atoms with Crippen molar-refractivity contribution < 1.29 is 13.9 Å². The highest BCUT2D eigenvalue weighted by atomic mass is 19.1. The summed E-state index contributed by atoms with van der Waals surface area (Å²) in [6, 6.07) is 4.81. The topological polar surface area (TPSA) is 45.3 Å². The number of aromatic nitrogens is 1. The van der Waals surface area contributed by atoms with Crippen LogP contribution >= 0.6 is 0 Å². The SMILES string of the molecule is CC1(C)CC(C(=O)N2CCc3[nH]c4ccc(F)cc4c3C2)CCO1. The predicted octanol–water partition coefficient (Wildman–Crippen LogP) is 3.40. The van der Waals surface area contributed by atoms with Crippen LogP contribution in [-0.4, -0.2) is 34.5 Å². The van der Waals surface area contributed by atoms with E-state index in [0.717, 1.165) is 48.0 Å². The van der Waals surface area contributed by atoms with Crippen molar-refractivity contribution in [2.75, 3.05) is 13.2 Å². The summed E-state index contributed by atoms with van der Waals surface area (Å²) in [5.41, 5.74) is 2.91. The molecule has 2 aliphatic heterocycles. The molecule has 0 bridgehead atoms. The van der Waals surface area contributed by atoms with Crippen LogP contribution in [-0.2, 0) is 22.5 Å². The zero-order valence-corrected chi connectivity index (χ0v) is 14.2. The molecule has 128 valence electrons. The largest absolute Gasteiger partial charge is 0.376 e. The third-order valence-electron chi connectivity index (χ3n) is 5.30. The summed E-state index contributed by atoms with van der Waals surface area (Å²) in [6.45, 7) is 6.02. The molecular formula is C19H23FN2O2. The zero-order chi connectivity index (χ0) is 16.9. The van der Waals surface area contributed by atoms with Gasteiger partial charge < -0.3 is 14.6 Å². The molecule has 1 fully saturated rings. The minimum atomic E-state index is -0.237. The van der Waals surface area contributed by atoms with E-state index >= 15 is 0 Å². The van der Waals surface area contributed by atoms with Gasteiger partial charge in [0.05, 0.1) is 5.60 Å². The summed E-state index contributed by atoms with van der Waals surface area (Å²) in [5.74, 6) is -0.000973. The molecule has 1 unspecified atom stereocenters. The molecule has 1 saturated heterocycles. The maximum atomic E-state index is 13.6. The standard InChI is InChI=1S/C19H23FN2O2/c1-19(2)10-12(6-8-24-19)18(23)22-7-5-17-15(11-22)14-9-13(20)3-4-16(14)21-17/h3-4,9,12,21H,5-8,10-11H2,1-2H3. The molecule has 1 atom stereocenters. The van der Waals surface area contributed by atoms with Crippen LogP contribution in [0.5, 0.6) is 0 Å². The van der Waals surface area contributed by atoms with E-state index in [0.29, 0.717) is 13.2 Å². The Kier molecular flexibility index (Phi) is 3.64. The number of ether oxygens (including phenoxy) is 1. The highest BCUT2D eigenvalue weighted by Crippen LogP contribution is 2.33. The Morgan fingerprint density at radius 1 is 1.42 bits per heavy atom. The lowest BCUT2D eigenvalue weighted by Crippen LogP contribution is -2.45. The van der Waals surface area contributed by atoms with Crippen LogP contribution in [0.15, 0.2) is 18.2 Å². The Hall–Kier alpha value is -1.88. The third-order valence-corrected chi connectivity index (χ3v) is 5.30. The van der Waals surface area contributed by atoms with Gasteiger partial charge in [0.1, 0.15) is 5.82 Å². The maximum absolute atomic E-state index is 13.6. The van der Waals surface area contributed by atoms with Gasteiger partial charge in [-0.25, -0.2) is 4.39 Å². The van der Waals surface area contributed by atoms with Crippen LogP contribution in [0.4, 0.5) is 4.39 Å². The van der Waals surface area contributed by atoms with E-state index in [1.165, 1.54) is 6.07 Å². The van der Waals surface area contributed by atoms with Crippen LogP contribution in [0.25, 0.3) is 10.9 Å². The van der Waals surface area contributed by atoms with Gasteiger partial charge in [-0.15, -0.1) is 0 Å². The van der Waals surface area contributed by atoms with Gasteiger partial charge in [0, 0.05) is 54.2 Å². The lowest BCUT2D eigenvalue weighted by atomic mass is 9.87. The average molecular weight is 330 g/mol. The van der Waals surface area contributed by atoms with Crippen molar-refractivity contribution in [1.82, 2.24) is 9.88 Å². The van der Waals surface area contributed by atoms with Crippen molar-refractivity contribution in [3.63, 3.8) is 0 Å². The van der Waals surface area contributed by atoms with Crippen LogP contribution in [0.2, 0.25) is 0 Å². The number of carbonyl (C=O) groups excluding carboxylic acids is 1. The highest BCUT2D eigenvalue weighted by molar-refractivity contribution is 5.86. The van der Waals surface area contributed by atoms with Crippen molar-refractivity contribution in [1.29, 1.82) is 0 Å². The summed E-state index contributed by atoms with van der Waals surface area (Å²) in [7, 11) is 0. The minimum absolute atomic E-state index is 0.0252. The number of H-pyrrole nitrogens is 1. The minimum Gasteiger partial charge on any atom is -0.376 e. The Morgan fingerprint density at radius 2 is 2.25 bits per heavy atom. The fraction of sp³-hybridized carbons (Fsp3) is 0.526. The normalized spacial score (nSPS) is 23.3. The molecule has 0 aliphatic carbocycles. The van der Waals surface area contributed by atoms with Gasteiger partial charge in [-0.05, 0) is 44.9 Å². The Bertz CT molecular complexity index is 796. The van der Waals surface area contributed by atoms with Crippen LogP contribution in [0, 0.1) is 11.7 Å². The lowest BCUT2D eigenvalue weighted by Gasteiger charge is -2.38. The number of fused-ring (bicyclic) bond motifs is 3. The molecule has 1 aromatic heterocycles. The quantitative estimate of drug-likeness (QED) is 0.871. The van der Waals surface area contributed by atoms with E-state index in [4.69, 9.17) is 4.74 Å². The van der Waals surface area contributed by atoms with Crippen molar-refractivity contribution in [2.24, 2.45) is 5.92 Å². The molecule has 1 aromatic carbocycles. The zero-order valence-electron chi connectivity index (χ0n) is 14.2. The van der Waals surface area contributed by atoms with Crippen LogP contribution in [0.1, 0.15) is 37.9 Å². The predicted molar refractivity (Wildman–Crippen MR) is 90.1 cm³/mol. The molecule has 0 radical (unpaired) electrons. The fourth-order valence-electron chi connectivity index (χ4n) is 4.08. The summed E-state index contributed by atoms with van der Waals surface area (Å²) in [6.07, 6.45) is 2.34. The Balaban J connectivity index is 1.58. The molecule has 2 aliphatic rings. The molecule has 4 nitrogen and oxygen atoms in total. The van der Waals surface area contributed by atoms with Gasteiger partial charge in [-0.2, -0.15) is 0 Å². The number of aromatic amines is 1. The Labute approximate surface area is 141 Å². The van der Waals surface area contributed by atoms with Gasteiger partial charge in [0.2, 0.25) is 5.91 Å². The van der Waals surface area contributed by atoms with Gasteiger partial charge in [0.15, 0.2) is 0 Å². The second-order valence-corrected chi connectivity index (χ2v) is 7.58. The number of hydrogen-bond donors (Lipinski definition) is 1. The number of halogens is 1. The smallest absolute Gasteiger partial charge is 0.226 e. The van der Waals surface area contributed by atoms with Crippen molar-refractivity contribution in [3.05, 3.63) is 35.3 Å². The molecule has 0 spiro atoms.